The van der Waals surface area contributed by atoms with Crippen molar-refractivity contribution in [2.45, 2.75) is 26.8 Å². The van der Waals surface area contributed by atoms with Gasteiger partial charge in [0.25, 0.3) is 0 Å². The molecule has 0 amide bonds. The Kier molecular flexibility index (Phi) is 3.82. The van der Waals surface area contributed by atoms with Crippen LogP contribution in [0.25, 0.3) is 0 Å². The number of anilines is 1. The van der Waals surface area contributed by atoms with Gasteiger partial charge in [-0.25, -0.2) is 9.97 Å². The molecule has 0 fully saturated rings. The van der Waals surface area contributed by atoms with E-state index >= 15 is 0 Å². The van der Waals surface area contributed by atoms with E-state index < -0.39 is 0 Å². The molecular formula is C11H19N5. The maximum atomic E-state index is 7.33. The van der Waals surface area contributed by atoms with Crippen molar-refractivity contribution in [2.24, 2.45) is 11.7 Å². The van der Waals surface area contributed by atoms with Gasteiger partial charge in [-0.2, -0.15) is 0 Å². The summed E-state index contributed by atoms with van der Waals surface area (Å²) in [5.74, 6) is 1.08. The number of nitrogens with zero attached hydrogens (tertiary/aromatic N) is 3. The molecule has 1 heterocycles. The first-order valence-corrected chi connectivity index (χ1v) is 5.33. The van der Waals surface area contributed by atoms with E-state index in [1.165, 1.54) is 0 Å². The average molecular weight is 221 g/mol. The van der Waals surface area contributed by atoms with Crippen LogP contribution < -0.4 is 10.6 Å². The number of rotatable bonds is 4. The molecule has 0 aromatic carbocycles. The van der Waals surface area contributed by atoms with Crippen LogP contribution in [0.5, 0.6) is 0 Å². The molecule has 1 unspecified atom stereocenters. The van der Waals surface area contributed by atoms with Crippen LogP contribution in [-0.2, 0) is 0 Å². The molecule has 0 radical (unpaired) electrons. The topological polar surface area (TPSA) is 78.9 Å². The van der Waals surface area contributed by atoms with E-state index in [4.69, 9.17) is 11.1 Å². The molecule has 0 bridgehead atoms. The molecule has 5 heteroatoms. The third-order valence-electron chi connectivity index (χ3n) is 2.81. The Morgan fingerprint density at radius 1 is 1.44 bits per heavy atom. The van der Waals surface area contributed by atoms with Crippen LogP contribution in [-0.4, -0.2) is 28.9 Å². The number of nitrogen functional groups attached to an aromatic ring is 1. The summed E-state index contributed by atoms with van der Waals surface area (Å²) in [7, 11) is 1.95. The van der Waals surface area contributed by atoms with Crippen LogP contribution in [0.1, 0.15) is 26.5 Å². The number of amidine groups is 1. The summed E-state index contributed by atoms with van der Waals surface area (Å²) in [6, 6.07) is 1.97. The molecule has 0 spiro atoms. The van der Waals surface area contributed by atoms with Crippen molar-refractivity contribution in [3.8, 4) is 0 Å². The van der Waals surface area contributed by atoms with Gasteiger partial charge < -0.3 is 10.6 Å². The van der Waals surface area contributed by atoms with Crippen LogP contribution in [0, 0.1) is 11.3 Å². The highest BCUT2D eigenvalue weighted by atomic mass is 15.2. The standard InChI is InChI=1S/C11H19N5/c1-7(2)8(3)16(4)11-14-6-5-9(15-11)10(12)13/h5-8H,1-4H3,(H3,12,13). The molecule has 1 atom stereocenters. The lowest BCUT2D eigenvalue weighted by Crippen LogP contribution is -2.34. The third-order valence-corrected chi connectivity index (χ3v) is 2.81. The molecule has 1 rings (SSSR count). The highest BCUT2D eigenvalue weighted by Crippen LogP contribution is 2.14. The van der Waals surface area contributed by atoms with Crippen molar-refractivity contribution in [1.29, 1.82) is 5.41 Å². The van der Waals surface area contributed by atoms with E-state index in [0.29, 0.717) is 23.6 Å². The lowest BCUT2D eigenvalue weighted by molar-refractivity contribution is 0.499. The second-order valence-corrected chi connectivity index (χ2v) is 4.25. The molecular weight excluding hydrogens is 202 g/mol. The lowest BCUT2D eigenvalue weighted by Gasteiger charge is -2.27. The minimum absolute atomic E-state index is 0.0331. The van der Waals surface area contributed by atoms with E-state index in [-0.39, 0.29) is 5.84 Å². The minimum atomic E-state index is -0.0331. The van der Waals surface area contributed by atoms with E-state index in [1.807, 2.05) is 11.9 Å². The highest BCUT2D eigenvalue weighted by molar-refractivity contribution is 5.93. The van der Waals surface area contributed by atoms with Gasteiger partial charge in [-0.1, -0.05) is 13.8 Å². The predicted octanol–water partition coefficient (Wildman–Crippen LogP) is 1.24. The summed E-state index contributed by atoms with van der Waals surface area (Å²) in [4.78, 5) is 10.4. The van der Waals surface area contributed by atoms with Crippen LogP contribution in [0.2, 0.25) is 0 Å². The van der Waals surface area contributed by atoms with Crippen molar-refractivity contribution < 1.29 is 0 Å². The lowest BCUT2D eigenvalue weighted by atomic mass is 10.1. The zero-order chi connectivity index (χ0) is 12.3. The Hall–Kier alpha value is -1.65. The van der Waals surface area contributed by atoms with E-state index in [1.54, 1.807) is 12.3 Å². The first-order chi connectivity index (χ1) is 7.43. The maximum absolute atomic E-state index is 7.33. The summed E-state index contributed by atoms with van der Waals surface area (Å²) in [6.07, 6.45) is 1.63. The fourth-order valence-corrected chi connectivity index (χ4v) is 1.30. The molecule has 0 aliphatic carbocycles. The van der Waals surface area contributed by atoms with Crippen LogP contribution >= 0.6 is 0 Å². The van der Waals surface area contributed by atoms with Crippen molar-refractivity contribution in [2.75, 3.05) is 11.9 Å². The first kappa shape index (κ1) is 12.4. The van der Waals surface area contributed by atoms with Gasteiger partial charge in [0.2, 0.25) is 5.95 Å². The molecule has 88 valence electrons. The van der Waals surface area contributed by atoms with E-state index in [0.717, 1.165) is 0 Å². The SMILES string of the molecule is CC(C)C(C)N(C)c1nccc(C(=N)N)n1. The van der Waals surface area contributed by atoms with Crippen LogP contribution in [0.4, 0.5) is 5.95 Å². The Morgan fingerprint density at radius 2 is 2.06 bits per heavy atom. The Balaban J connectivity index is 2.95. The van der Waals surface area contributed by atoms with Crippen molar-refractivity contribution in [3.05, 3.63) is 18.0 Å². The number of aromatic nitrogens is 2. The zero-order valence-corrected chi connectivity index (χ0v) is 10.2. The minimum Gasteiger partial charge on any atom is -0.382 e. The van der Waals surface area contributed by atoms with Gasteiger partial charge in [0.15, 0.2) is 0 Å². The first-order valence-electron chi connectivity index (χ1n) is 5.33. The van der Waals surface area contributed by atoms with Gasteiger partial charge in [-0.05, 0) is 18.9 Å². The Morgan fingerprint density at radius 3 is 2.56 bits per heavy atom. The summed E-state index contributed by atoms with van der Waals surface area (Å²) in [6.45, 7) is 6.42. The normalized spacial score (nSPS) is 12.6. The molecule has 0 saturated carbocycles. The van der Waals surface area contributed by atoms with Crippen molar-refractivity contribution in [1.82, 2.24) is 9.97 Å². The van der Waals surface area contributed by atoms with Gasteiger partial charge in [-0.15, -0.1) is 0 Å². The monoisotopic (exact) mass is 221 g/mol. The van der Waals surface area contributed by atoms with Crippen molar-refractivity contribution in [3.63, 3.8) is 0 Å². The summed E-state index contributed by atoms with van der Waals surface area (Å²) < 4.78 is 0. The summed E-state index contributed by atoms with van der Waals surface area (Å²) in [5.41, 5.74) is 5.86. The second kappa shape index (κ2) is 4.92. The second-order valence-electron chi connectivity index (χ2n) is 4.25. The molecule has 0 saturated heterocycles. The molecule has 1 aromatic heterocycles. The number of hydrogen-bond donors (Lipinski definition) is 2. The largest absolute Gasteiger partial charge is 0.382 e. The molecule has 3 N–H and O–H groups in total. The number of nitrogens with one attached hydrogen (secondary N) is 1. The fraction of sp³-hybridized carbons (Fsp3) is 0.545. The number of hydrogen-bond acceptors (Lipinski definition) is 4. The molecule has 1 aromatic rings. The Labute approximate surface area is 96.2 Å². The zero-order valence-electron chi connectivity index (χ0n) is 10.2. The quantitative estimate of drug-likeness (QED) is 0.592. The summed E-state index contributed by atoms with van der Waals surface area (Å²) in [5, 5.41) is 7.33. The maximum Gasteiger partial charge on any atom is 0.225 e. The van der Waals surface area contributed by atoms with Gasteiger partial charge >= 0.3 is 0 Å². The molecule has 16 heavy (non-hydrogen) atoms. The average Bonchev–Trinajstić information content (AvgIpc) is 2.27. The molecule has 5 nitrogen and oxygen atoms in total. The van der Waals surface area contributed by atoms with Gasteiger partial charge in [0, 0.05) is 19.3 Å². The van der Waals surface area contributed by atoms with Gasteiger partial charge in [0.1, 0.15) is 11.5 Å². The molecule has 0 aliphatic rings. The summed E-state index contributed by atoms with van der Waals surface area (Å²) >= 11 is 0. The van der Waals surface area contributed by atoms with E-state index in [2.05, 4.69) is 30.7 Å². The fourth-order valence-electron chi connectivity index (χ4n) is 1.30. The third kappa shape index (κ3) is 2.68. The van der Waals surface area contributed by atoms with Crippen molar-refractivity contribution >= 4 is 11.8 Å². The smallest absolute Gasteiger partial charge is 0.225 e. The van der Waals surface area contributed by atoms with Crippen LogP contribution in [0.15, 0.2) is 12.3 Å². The number of nitrogens with two attached hydrogens (primary N) is 1. The van der Waals surface area contributed by atoms with E-state index in [9.17, 15) is 0 Å². The highest BCUT2D eigenvalue weighted by Gasteiger charge is 2.16. The van der Waals surface area contributed by atoms with Crippen LogP contribution in [0.3, 0.4) is 0 Å². The predicted molar refractivity (Wildman–Crippen MR) is 65.8 cm³/mol. The van der Waals surface area contributed by atoms with Gasteiger partial charge in [-0.3, -0.25) is 5.41 Å². The Bertz CT molecular complexity index is 374. The van der Waals surface area contributed by atoms with Gasteiger partial charge in [0.05, 0.1) is 0 Å². The molecule has 0 aliphatic heterocycles.